The highest BCUT2D eigenvalue weighted by atomic mass is 28.4. The van der Waals surface area contributed by atoms with Crippen molar-refractivity contribution in [3.63, 3.8) is 0 Å². The molecule has 88 valence electrons. The lowest BCUT2D eigenvalue weighted by Gasteiger charge is -2.28. The molecule has 0 aliphatic rings. The van der Waals surface area contributed by atoms with Crippen LogP contribution in [0.5, 0.6) is 0 Å². The zero-order chi connectivity index (χ0) is 10.2. The molecule has 0 heterocycles. The van der Waals surface area contributed by atoms with Gasteiger partial charge in [0.1, 0.15) is 0 Å². The van der Waals surface area contributed by atoms with Gasteiger partial charge < -0.3 is 20.7 Å². The summed E-state index contributed by atoms with van der Waals surface area (Å²) in [5, 5.41) is 0. The van der Waals surface area contributed by atoms with Crippen molar-refractivity contribution in [3.05, 3.63) is 0 Å². The van der Waals surface area contributed by atoms with Gasteiger partial charge in [0.05, 0.1) is 0 Å². The summed E-state index contributed by atoms with van der Waals surface area (Å²) in [4.78, 5) is 0. The Bertz CT molecular complexity index is 119. The normalized spacial score (nSPS) is 11.1. The van der Waals surface area contributed by atoms with Crippen LogP contribution in [0, 0.1) is 0 Å². The topological polar surface area (TPSA) is 79.5 Å². The SMILES string of the molecule is CCO[Si](CC)(CCCN)OCC.N. The maximum Gasteiger partial charge on any atom is 0.337 e. The highest BCUT2D eigenvalue weighted by Crippen LogP contribution is 2.20. The van der Waals surface area contributed by atoms with Gasteiger partial charge in [-0.1, -0.05) is 6.92 Å². The average molecular weight is 222 g/mol. The van der Waals surface area contributed by atoms with Crippen molar-refractivity contribution in [2.24, 2.45) is 5.73 Å². The van der Waals surface area contributed by atoms with Crippen LogP contribution < -0.4 is 11.9 Å². The molecule has 14 heavy (non-hydrogen) atoms. The Morgan fingerprint density at radius 3 is 1.86 bits per heavy atom. The molecule has 0 amide bonds. The third kappa shape index (κ3) is 5.72. The maximum atomic E-state index is 5.78. The fourth-order valence-corrected chi connectivity index (χ4v) is 4.39. The van der Waals surface area contributed by atoms with Crippen LogP contribution in [-0.2, 0) is 8.85 Å². The monoisotopic (exact) mass is 222 g/mol. The quantitative estimate of drug-likeness (QED) is 0.616. The van der Waals surface area contributed by atoms with Crippen molar-refractivity contribution in [1.29, 1.82) is 0 Å². The van der Waals surface area contributed by atoms with Crippen molar-refractivity contribution in [2.45, 2.75) is 39.3 Å². The fraction of sp³-hybridized carbons (Fsp3) is 1.00. The lowest BCUT2D eigenvalue weighted by molar-refractivity contribution is 0.183. The summed E-state index contributed by atoms with van der Waals surface area (Å²) >= 11 is 0. The molecule has 0 aliphatic heterocycles. The Morgan fingerprint density at radius 1 is 1.07 bits per heavy atom. The summed E-state index contributed by atoms with van der Waals surface area (Å²) in [7, 11) is -1.87. The van der Waals surface area contributed by atoms with E-state index in [4.69, 9.17) is 14.6 Å². The van der Waals surface area contributed by atoms with Crippen LogP contribution >= 0.6 is 0 Å². The Kier molecular flexibility index (Phi) is 11.3. The second kappa shape index (κ2) is 9.61. The van der Waals surface area contributed by atoms with Crippen LogP contribution in [0.3, 0.4) is 0 Å². The first-order chi connectivity index (χ1) is 6.24. The van der Waals surface area contributed by atoms with Gasteiger partial charge in [-0.05, 0) is 38.9 Å². The molecular formula is C9H26N2O2Si. The van der Waals surface area contributed by atoms with E-state index < -0.39 is 8.56 Å². The zero-order valence-corrected chi connectivity index (χ0v) is 10.8. The van der Waals surface area contributed by atoms with E-state index >= 15 is 0 Å². The predicted octanol–water partition coefficient (Wildman–Crippen LogP) is 2.03. The highest BCUT2D eigenvalue weighted by Gasteiger charge is 2.33. The van der Waals surface area contributed by atoms with Gasteiger partial charge in [0.2, 0.25) is 0 Å². The first-order valence-corrected chi connectivity index (χ1v) is 7.45. The number of hydrogen-bond acceptors (Lipinski definition) is 4. The Morgan fingerprint density at radius 2 is 1.57 bits per heavy atom. The number of hydrogen-bond donors (Lipinski definition) is 2. The Hall–Kier alpha value is 0.0569. The van der Waals surface area contributed by atoms with Crippen molar-refractivity contribution >= 4 is 8.56 Å². The second-order valence-corrected chi connectivity index (χ2v) is 6.63. The van der Waals surface area contributed by atoms with Crippen molar-refractivity contribution < 1.29 is 8.85 Å². The number of nitrogens with two attached hydrogens (primary N) is 1. The smallest absolute Gasteiger partial charge is 0.337 e. The molecule has 0 bridgehead atoms. The fourth-order valence-electron chi connectivity index (χ4n) is 1.46. The highest BCUT2D eigenvalue weighted by molar-refractivity contribution is 6.67. The summed E-state index contributed by atoms with van der Waals surface area (Å²) < 4.78 is 11.6. The molecule has 0 aliphatic carbocycles. The van der Waals surface area contributed by atoms with Crippen LogP contribution in [0.15, 0.2) is 0 Å². The van der Waals surface area contributed by atoms with E-state index in [1.54, 1.807) is 0 Å². The zero-order valence-electron chi connectivity index (χ0n) is 9.84. The summed E-state index contributed by atoms with van der Waals surface area (Å²) in [5.74, 6) is 0. The summed E-state index contributed by atoms with van der Waals surface area (Å²) in [6.07, 6.45) is 1.01. The minimum absolute atomic E-state index is 0. The van der Waals surface area contributed by atoms with E-state index in [1.165, 1.54) is 0 Å². The lowest BCUT2D eigenvalue weighted by atomic mass is 10.5. The molecule has 0 saturated heterocycles. The molecule has 0 aromatic heterocycles. The molecule has 0 saturated carbocycles. The largest absolute Gasteiger partial charge is 0.394 e. The van der Waals surface area contributed by atoms with Crippen molar-refractivity contribution in [2.75, 3.05) is 19.8 Å². The lowest BCUT2D eigenvalue weighted by Crippen LogP contribution is -2.41. The molecule has 0 aromatic carbocycles. The molecule has 0 aromatic rings. The molecule has 0 atom stereocenters. The first kappa shape index (κ1) is 16.5. The third-order valence-corrected chi connectivity index (χ3v) is 5.94. The van der Waals surface area contributed by atoms with E-state index in [2.05, 4.69) is 6.92 Å². The van der Waals surface area contributed by atoms with Gasteiger partial charge in [0, 0.05) is 13.2 Å². The molecule has 0 radical (unpaired) electrons. The molecule has 0 rings (SSSR count). The third-order valence-electron chi connectivity index (χ3n) is 2.12. The molecule has 0 spiro atoms. The van der Waals surface area contributed by atoms with Crippen LogP contribution in [0.2, 0.25) is 12.1 Å². The first-order valence-electron chi connectivity index (χ1n) is 5.22. The van der Waals surface area contributed by atoms with Crippen LogP contribution in [0.4, 0.5) is 0 Å². The standard InChI is InChI=1S/C9H23NO2Si.H3N/c1-4-11-13(6-3,12-5-2)9-7-8-10;/h4-10H2,1-3H3;1H3. The summed E-state index contributed by atoms with van der Waals surface area (Å²) in [5.41, 5.74) is 5.49. The molecule has 0 unspecified atom stereocenters. The van der Waals surface area contributed by atoms with Gasteiger partial charge in [0.15, 0.2) is 0 Å². The van der Waals surface area contributed by atoms with Gasteiger partial charge in [-0.15, -0.1) is 0 Å². The van der Waals surface area contributed by atoms with E-state index in [-0.39, 0.29) is 6.15 Å². The van der Waals surface area contributed by atoms with E-state index in [1.807, 2.05) is 13.8 Å². The number of rotatable bonds is 8. The maximum absolute atomic E-state index is 5.78. The van der Waals surface area contributed by atoms with Crippen LogP contribution in [-0.4, -0.2) is 28.3 Å². The molecule has 0 fully saturated rings. The van der Waals surface area contributed by atoms with Crippen molar-refractivity contribution in [1.82, 2.24) is 6.15 Å². The van der Waals surface area contributed by atoms with Gasteiger partial charge in [-0.3, -0.25) is 0 Å². The van der Waals surface area contributed by atoms with E-state index in [0.717, 1.165) is 38.3 Å². The minimum atomic E-state index is -1.87. The molecular weight excluding hydrogens is 196 g/mol. The molecule has 5 N–H and O–H groups in total. The summed E-state index contributed by atoms with van der Waals surface area (Å²) in [6.45, 7) is 8.44. The average Bonchev–Trinajstić information content (AvgIpc) is 2.15. The Balaban J connectivity index is 0. The van der Waals surface area contributed by atoms with E-state index in [9.17, 15) is 0 Å². The molecule has 4 nitrogen and oxygen atoms in total. The Labute approximate surface area is 89.0 Å². The molecule has 5 heteroatoms. The summed E-state index contributed by atoms with van der Waals surface area (Å²) in [6, 6.07) is 2.05. The van der Waals surface area contributed by atoms with Gasteiger partial charge in [0.25, 0.3) is 0 Å². The second-order valence-electron chi connectivity index (χ2n) is 3.02. The van der Waals surface area contributed by atoms with Gasteiger partial charge >= 0.3 is 8.56 Å². The van der Waals surface area contributed by atoms with E-state index in [0.29, 0.717) is 0 Å². The van der Waals surface area contributed by atoms with Crippen molar-refractivity contribution in [3.8, 4) is 0 Å². The van der Waals surface area contributed by atoms with Gasteiger partial charge in [-0.25, -0.2) is 0 Å². The van der Waals surface area contributed by atoms with Gasteiger partial charge in [-0.2, -0.15) is 0 Å². The van der Waals surface area contributed by atoms with Crippen LogP contribution in [0.1, 0.15) is 27.2 Å². The predicted molar refractivity (Wildman–Crippen MR) is 63.0 cm³/mol. The van der Waals surface area contributed by atoms with Crippen LogP contribution in [0.25, 0.3) is 0 Å². The minimum Gasteiger partial charge on any atom is -0.394 e.